The number of ketones is 1. The molecule has 0 bridgehead atoms. The van der Waals surface area contributed by atoms with Crippen molar-refractivity contribution in [1.82, 2.24) is 0 Å². The molecule has 1 aromatic rings. The number of para-hydroxylation sites is 1. The lowest BCUT2D eigenvalue weighted by molar-refractivity contribution is -0.139. The van der Waals surface area contributed by atoms with Crippen LogP contribution in [0.3, 0.4) is 0 Å². The van der Waals surface area contributed by atoms with E-state index in [2.05, 4.69) is 4.99 Å². The summed E-state index contributed by atoms with van der Waals surface area (Å²) >= 11 is 0. The highest BCUT2D eigenvalue weighted by Gasteiger charge is 2.44. The molecule has 1 aromatic carbocycles. The quantitative estimate of drug-likeness (QED) is 0.787. The van der Waals surface area contributed by atoms with E-state index in [9.17, 15) is 9.59 Å². The zero-order valence-electron chi connectivity index (χ0n) is 14.9. The number of hydrogen-bond acceptors (Lipinski definition) is 5. The SMILES string of the molecule is CCOC(=O)C1=C(C)N=C2CCCC(=O)[C@@H]2[C@H]1c1ccccc1OC. The van der Waals surface area contributed by atoms with Crippen LogP contribution >= 0.6 is 0 Å². The van der Waals surface area contributed by atoms with E-state index in [1.54, 1.807) is 14.0 Å². The predicted octanol–water partition coefficient (Wildman–Crippen LogP) is 3.44. The first kappa shape index (κ1) is 17.4. The predicted molar refractivity (Wildman–Crippen MR) is 94.9 cm³/mol. The van der Waals surface area contributed by atoms with Crippen molar-refractivity contribution < 1.29 is 19.1 Å². The number of rotatable bonds is 4. The van der Waals surface area contributed by atoms with Gasteiger partial charge >= 0.3 is 5.97 Å². The van der Waals surface area contributed by atoms with Crippen LogP contribution < -0.4 is 4.74 Å². The maximum absolute atomic E-state index is 12.7. The van der Waals surface area contributed by atoms with Gasteiger partial charge in [-0.3, -0.25) is 9.79 Å². The van der Waals surface area contributed by atoms with Crippen LogP contribution in [0.4, 0.5) is 0 Å². The number of allylic oxidation sites excluding steroid dienone is 1. The minimum absolute atomic E-state index is 0.134. The van der Waals surface area contributed by atoms with Crippen LogP contribution in [0.25, 0.3) is 0 Å². The van der Waals surface area contributed by atoms with Crippen LogP contribution in [-0.4, -0.2) is 31.2 Å². The highest BCUT2D eigenvalue weighted by Crippen LogP contribution is 2.45. The summed E-state index contributed by atoms with van der Waals surface area (Å²) in [6.45, 7) is 3.87. The molecule has 1 heterocycles. The van der Waals surface area contributed by atoms with Gasteiger partial charge in [-0.15, -0.1) is 0 Å². The van der Waals surface area contributed by atoms with E-state index in [0.29, 0.717) is 23.4 Å². The van der Waals surface area contributed by atoms with E-state index in [-0.39, 0.29) is 12.4 Å². The number of nitrogens with zero attached hydrogens (tertiary/aromatic N) is 1. The molecule has 132 valence electrons. The van der Waals surface area contributed by atoms with E-state index in [1.807, 2.05) is 31.2 Å². The van der Waals surface area contributed by atoms with Crippen molar-refractivity contribution in [3.8, 4) is 5.75 Å². The molecule has 25 heavy (non-hydrogen) atoms. The van der Waals surface area contributed by atoms with Gasteiger partial charge in [0.15, 0.2) is 0 Å². The van der Waals surface area contributed by atoms with E-state index < -0.39 is 17.8 Å². The van der Waals surface area contributed by atoms with Gasteiger partial charge in [0.2, 0.25) is 0 Å². The van der Waals surface area contributed by atoms with Gasteiger partial charge in [-0.05, 0) is 32.8 Å². The molecule has 0 N–H and O–H groups in total. The number of ether oxygens (including phenoxy) is 2. The lowest BCUT2D eigenvalue weighted by atomic mass is 9.69. The third kappa shape index (κ3) is 3.11. The van der Waals surface area contributed by atoms with E-state index in [4.69, 9.17) is 9.47 Å². The average molecular weight is 341 g/mol. The Morgan fingerprint density at radius 3 is 2.72 bits per heavy atom. The zero-order chi connectivity index (χ0) is 18.0. The third-order valence-corrected chi connectivity index (χ3v) is 4.88. The summed E-state index contributed by atoms with van der Waals surface area (Å²) in [5, 5.41) is 0. The van der Waals surface area contributed by atoms with E-state index >= 15 is 0 Å². The Kier molecular flexibility index (Phi) is 5.02. The van der Waals surface area contributed by atoms with Crippen LogP contribution in [0.2, 0.25) is 0 Å². The summed E-state index contributed by atoms with van der Waals surface area (Å²) in [5.41, 5.74) is 2.81. The van der Waals surface area contributed by atoms with Crippen LogP contribution in [0.15, 0.2) is 40.5 Å². The molecule has 0 unspecified atom stereocenters. The maximum Gasteiger partial charge on any atom is 0.336 e. The molecule has 0 aromatic heterocycles. The third-order valence-electron chi connectivity index (χ3n) is 4.88. The number of carbonyl (C=O) groups is 2. The molecule has 1 aliphatic carbocycles. The molecule has 5 heteroatoms. The Morgan fingerprint density at radius 1 is 1.24 bits per heavy atom. The van der Waals surface area contributed by atoms with Crippen LogP contribution in [0.5, 0.6) is 5.75 Å². The molecule has 0 spiro atoms. The molecule has 2 aliphatic rings. The number of Topliss-reactive ketones (excluding diaryl/α,β-unsaturated/α-hetero) is 1. The fourth-order valence-corrected chi connectivity index (χ4v) is 3.85. The van der Waals surface area contributed by atoms with Gasteiger partial charge < -0.3 is 9.47 Å². The summed E-state index contributed by atoms with van der Waals surface area (Å²) in [6.07, 6.45) is 2.12. The molecule has 1 aliphatic heterocycles. The Morgan fingerprint density at radius 2 is 2.00 bits per heavy atom. The van der Waals surface area contributed by atoms with Gasteiger partial charge in [0.1, 0.15) is 11.5 Å². The second-order valence-electron chi connectivity index (χ2n) is 6.34. The minimum Gasteiger partial charge on any atom is -0.496 e. The van der Waals surface area contributed by atoms with E-state index in [1.165, 1.54) is 0 Å². The summed E-state index contributed by atoms with van der Waals surface area (Å²) < 4.78 is 10.8. The van der Waals surface area contributed by atoms with E-state index in [0.717, 1.165) is 24.1 Å². The lowest BCUT2D eigenvalue weighted by Gasteiger charge is -2.36. The van der Waals surface area contributed by atoms with Crippen molar-refractivity contribution in [3.63, 3.8) is 0 Å². The van der Waals surface area contributed by atoms with Gasteiger partial charge in [-0.1, -0.05) is 18.2 Å². The molecule has 0 amide bonds. The van der Waals surface area contributed by atoms with Crippen molar-refractivity contribution in [3.05, 3.63) is 41.1 Å². The number of methoxy groups -OCH3 is 1. The molecule has 1 fully saturated rings. The standard InChI is InChI=1S/C20H23NO4/c1-4-25-20(23)17-12(2)21-14-9-7-10-15(22)19(14)18(17)13-8-5-6-11-16(13)24-3/h5-6,8,11,18-19H,4,7,9-10H2,1-3H3/t18-,19+/m0/s1. The number of fused-ring (bicyclic) bond motifs is 1. The highest BCUT2D eigenvalue weighted by atomic mass is 16.5. The maximum atomic E-state index is 12.7. The highest BCUT2D eigenvalue weighted by molar-refractivity contribution is 6.11. The van der Waals surface area contributed by atoms with Crippen molar-refractivity contribution in [2.45, 2.75) is 39.0 Å². The number of benzene rings is 1. The first-order valence-corrected chi connectivity index (χ1v) is 8.69. The Balaban J connectivity index is 2.19. The molecule has 0 saturated heterocycles. The molecule has 2 atom stereocenters. The molecule has 3 rings (SSSR count). The van der Waals surface area contributed by atoms with Crippen molar-refractivity contribution >= 4 is 17.5 Å². The number of hydrogen-bond donors (Lipinski definition) is 0. The monoisotopic (exact) mass is 341 g/mol. The first-order valence-electron chi connectivity index (χ1n) is 8.69. The second kappa shape index (κ2) is 7.21. The summed E-state index contributed by atoms with van der Waals surface area (Å²) in [4.78, 5) is 30.0. The Labute approximate surface area is 147 Å². The molecular weight excluding hydrogens is 318 g/mol. The first-order chi connectivity index (χ1) is 12.1. The largest absolute Gasteiger partial charge is 0.496 e. The van der Waals surface area contributed by atoms with Gasteiger partial charge in [0, 0.05) is 29.3 Å². The lowest BCUT2D eigenvalue weighted by Crippen LogP contribution is -2.39. The number of carbonyl (C=O) groups excluding carboxylic acids is 2. The summed E-state index contributed by atoms with van der Waals surface area (Å²) in [7, 11) is 1.60. The van der Waals surface area contributed by atoms with Crippen LogP contribution in [-0.2, 0) is 14.3 Å². The number of esters is 1. The Bertz CT molecular complexity index is 763. The van der Waals surface area contributed by atoms with Gasteiger partial charge in [-0.2, -0.15) is 0 Å². The van der Waals surface area contributed by atoms with Crippen molar-refractivity contribution in [2.24, 2.45) is 10.9 Å². The normalized spacial score (nSPS) is 23.0. The summed E-state index contributed by atoms with van der Waals surface area (Å²) in [6, 6.07) is 7.55. The van der Waals surface area contributed by atoms with Crippen molar-refractivity contribution in [1.29, 1.82) is 0 Å². The molecule has 5 nitrogen and oxygen atoms in total. The van der Waals surface area contributed by atoms with Gasteiger partial charge in [-0.25, -0.2) is 4.79 Å². The fourth-order valence-electron chi connectivity index (χ4n) is 3.85. The Hall–Kier alpha value is -2.43. The average Bonchev–Trinajstić information content (AvgIpc) is 2.60. The van der Waals surface area contributed by atoms with Crippen molar-refractivity contribution in [2.75, 3.05) is 13.7 Å². The molecule has 1 saturated carbocycles. The number of aliphatic imine (C=N–C) groups is 1. The molecule has 0 radical (unpaired) electrons. The van der Waals surface area contributed by atoms with Crippen LogP contribution in [0, 0.1) is 5.92 Å². The zero-order valence-corrected chi connectivity index (χ0v) is 14.9. The van der Waals surface area contributed by atoms with Gasteiger partial charge in [0.05, 0.1) is 25.2 Å². The van der Waals surface area contributed by atoms with Gasteiger partial charge in [0.25, 0.3) is 0 Å². The van der Waals surface area contributed by atoms with Crippen LogP contribution in [0.1, 0.15) is 44.6 Å². The fraction of sp³-hybridized carbons (Fsp3) is 0.450. The minimum atomic E-state index is -0.409. The smallest absolute Gasteiger partial charge is 0.336 e. The topological polar surface area (TPSA) is 65.0 Å². The molecular formula is C20H23NO4. The second-order valence-corrected chi connectivity index (χ2v) is 6.34. The summed E-state index contributed by atoms with van der Waals surface area (Å²) in [5.74, 6) is -0.419.